The summed E-state index contributed by atoms with van der Waals surface area (Å²) in [4.78, 5) is 21.8. The van der Waals surface area contributed by atoms with Crippen molar-refractivity contribution in [2.45, 2.75) is 44.6 Å². The van der Waals surface area contributed by atoms with Crippen LogP contribution in [0.1, 0.15) is 38.5 Å². The van der Waals surface area contributed by atoms with E-state index >= 15 is 0 Å². The number of rotatable bonds is 3. The molecule has 5 nitrogen and oxygen atoms in total. The molecule has 90 valence electrons. The van der Waals surface area contributed by atoms with Gasteiger partial charge in [0, 0.05) is 0 Å². The number of amides is 2. The topological polar surface area (TPSA) is 92.4 Å². The van der Waals surface area contributed by atoms with E-state index < -0.39 is 18.0 Å². The van der Waals surface area contributed by atoms with Crippen LogP contribution >= 0.6 is 0 Å². The van der Waals surface area contributed by atoms with Gasteiger partial charge in [0.1, 0.15) is 6.04 Å². The summed E-state index contributed by atoms with van der Waals surface area (Å²) in [5.41, 5.74) is 5.46. The van der Waals surface area contributed by atoms with Gasteiger partial charge in [0.25, 0.3) is 0 Å². The van der Waals surface area contributed by atoms with E-state index in [1.54, 1.807) is 0 Å². The van der Waals surface area contributed by atoms with Crippen molar-refractivity contribution in [1.82, 2.24) is 5.32 Å². The highest BCUT2D eigenvalue weighted by Gasteiger charge is 2.58. The number of carbonyl (C=O) groups is 2. The van der Waals surface area contributed by atoms with E-state index in [-0.39, 0.29) is 11.3 Å². The van der Waals surface area contributed by atoms with Crippen LogP contribution in [-0.2, 0) is 4.79 Å². The molecule has 0 aromatic rings. The number of carbonyl (C=O) groups excluding carboxylic acids is 1. The first-order valence-corrected chi connectivity index (χ1v) is 5.84. The number of carboxylic acid groups (broad SMARTS) is 1. The largest absolute Gasteiger partial charge is 0.465 e. The average molecular weight is 226 g/mol. The molecule has 0 radical (unpaired) electrons. The molecule has 0 aliphatic heterocycles. The number of hydrogen-bond donors (Lipinski definition) is 3. The Hall–Kier alpha value is -1.26. The van der Waals surface area contributed by atoms with Crippen LogP contribution in [0.25, 0.3) is 0 Å². The van der Waals surface area contributed by atoms with E-state index in [0.717, 1.165) is 19.3 Å². The van der Waals surface area contributed by atoms with Crippen LogP contribution in [0.3, 0.4) is 0 Å². The Morgan fingerprint density at radius 2 is 1.94 bits per heavy atom. The molecule has 2 rings (SSSR count). The fourth-order valence-electron chi connectivity index (χ4n) is 3.18. The quantitative estimate of drug-likeness (QED) is 0.672. The molecular formula is C11H18N2O3. The maximum absolute atomic E-state index is 11.2. The second-order valence-electron chi connectivity index (χ2n) is 5.06. The predicted molar refractivity (Wildman–Crippen MR) is 57.8 cm³/mol. The van der Waals surface area contributed by atoms with E-state index in [9.17, 15) is 9.59 Å². The van der Waals surface area contributed by atoms with Crippen molar-refractivity contribution in [3.8, 4) is 0 Å². The summed E-state index contributed by atoms with van der Waals surface area (Å²) in [6.07, 6.45) is 5.64. The van der Waals surface area contributed by atoms with Crippen molar-refractivity contribution in [2.75, 3.05) is 0 Å². The van der Waals surface area contributed by atoms with Crippen molar-refractivity contribution in [3.63, 3.8) is 0 Å². The monoisotopic (exact) mass is 226 g/mol. The van der Waals surface area contributed by atoms with E-state index in [2.05, 4.69) is 5.32 Å². The summed E-state index contributed by atoms with van der Waals surface area (Å²) in [6.45, 7) is 0. The molecule has 4 N–H and O–H groups in total. The molecule has 2 fully saturated rings. The lowest BCUT2D eigenvalue weighted by Crippen LogP contribution is -2.46. The molecule has 0 saturated heterocycles. The normalized spacial score (nSPS) is 28.4. The maximum atomic E-state index is 11.2. The van der Waals surface area contributed by atoms with Crippen molar-refractivity contribution in [2.24, 2.45) is 17.1 Å². The Balaban J connectivity index is 2.00. The van der Waals surface area contributed by atoms with Gasteiger partial charge in [0.15, 0.2) is 0 Å². The summed E-state index contributed by atoms with van der Waals surface area (Å²) in [6, 6.07) is -0.699. The van der Waals surface area contributed by atoms with Crippen LogP contribution in [0.2, 0.25) is 0 Å². The molecule has 1 spiro atoms. The lowest BCUT2D eigenvalue weighted by Gasteiger charge is -2.24. The van der Waals surface area contributed by atoms with Gasteiger partial charge in [0.05, 0.1) is 0 Å². The highest BCUT2D eigenvalue weighted by atomic mass is 16.4. The molecule has 0 bridgehead atoms. The maximum Gasteiger partial charge on any atom is 0.405 e. The molecule has 16 heavy (non-hydrogen) atoms. The smallest absolute Gasteiger partial charge is 0.405 e. The van der Waals surface area contributed by atoms with Gasteiger partial charge in [-0.25, -0.2) is 4.79 Å². The molecule has 2 aliphatic rings. The van der Waals surface area contributed by atoms with Crippen molar-refractivity contribution < 1.29 is 14.7 Å². The number of nitrogens with one attached hydrogen (secondary N) is 1. The Morgan fingerprint density at radius 3 is 2.44 bits per heavy atom. The lowest BCUT2D eigenvalue weighted by molar-refractivity contribution is -0.120. The van der Waals surface area contributed by atoms with Gasteiger partial charge in [-0.2, -0.15) is 0 Å². The Bertz CT molecular complexity index is 310. The third kappa shape index (κ3) is 1.99. The van der Waals surface area contributed by atoms with Gasteiger partial charge in [-0.15, -0.1) is 0 Å². The van der Waals surface area contributed by atoms with E-state index in [1.807, 2.05) is 0 Å². The molecule has 2 amide bonds. The minimum atomic E-state index is -1.17. The van der Waals surface area contributed by atoms with Crippen LogP contribution in [0.15, 0.2) is 0 Å². The van der Waals surface area contributed by atoms with E-state index in [4.69, 9.17) is 10.8 Å². The van der Waals surface area contributed by atoms with Gasteiger partial charge in [-0.05, 0) is 30.6 Å². The Morgan fingerprint density at radius 1 is 1.31 bits per heavy atom. The van der Waals surface area contributed by atoms with Crippen molar-refractivity contribution in [3.05, 3.63) is 0 Å². The molecule has 0 aromatic heterocycles. The summed E-state index contributed by atoms with van der Waals surface area (Å²) in [5.74, 6) is -0.420. The zero-order valence-corrected chi connectivity index (χ0v) is 9.24. The third-order valence-electron chi connectivity index (χ3n) is 4.09. The fourth-order valence-corrected chi connectivity index (χ4v) is 3.18. The van der Waals surface area contributed by atoms with Gasteiger partial charge in [0.2, 0.25) is 5.91 Å². The standard InChI is InChI=1S/C11H18N2O3/c12-9(14)8(13-10(15)16)7-6-11(7)4-2-1-3-5-11/h7-8,13H,1-6H2,(H2,12,14)(H,15,16). The molecule has 2 aliphatic carbocycles. The van der Waals surface area contributed by atoms with Crippen molar-refractivity contribution >= 4 is 12.0 Å². The summed E-state index contributed by atoms with van der Waals surface area (Å²) < 4.78 is 0. The first-order valence-electron chi connectivity index (χ1n) is 5.84. The van der Waals surface area contributed by atoms with Crippen LogP contribution in [0.4, 0.5) is 4.79 Å². The highest BCUT2D eigenvalue weighted by Crippen LogP contribution is 2.62. The zero-order chi connectivity index (χ0) is 11.8. The second-order valence-corrected chi connectivity index (χ2v) is 5.06. The Labute approximate surface area is 94.4 Å². The molecule has 2 unspecified atom stereocenters. The second kappa shape index (κ2) is 3.96. The summed E-state index contributed by atoms with van der Waals surface area (Å²) >= 11 is 0. The fraction of sp³-hybridized carbons (Fsp3) is 0.818. The van der Waals surface area contributed by atoms with Gasteiger partial charge < -0.3 is 16.2 Å². The highest BCUT2D eigenvalue weighted by molar-refractivity contribution is 5.84. The van der Waals surface area contributed by atoms with E-state index in [0.29, 0.717) is 0 Å². The first-order chi connectivity index (χ1) is 7.55. The van der Waals surface area contributed by atoms with Crippen LogP contribution in [0.5, 0.6) is 0 Å². The van der Waals surface area contributed by atoms with Crippen molar-refractivity contribution in [1.29, 1.82) is 0 Å². The van der Waals surface area contributed by atoms with Crippen LogP contribution in [0, 0.1) is 11.3 Å². The molecule has 0 aromatic carbocycles. The number of hydrogen-bond acceptors (Lipinski definition) is 2. The first kappa shape index (κ1) is 11.2. The van der Waals surface area contributed by atoms with E-state index in [1.165, 1.54) is 19.3 Å². The minimum Gasteiger partial charge on any atom is -0.465 e. The lowest BCUT2D eigenvalue weighted by atomic mass is 9.83. The predicted octanol–water partition coefficient (Wildman–Crippen LogP) is 1.08. The summed E-state index contributed by atoms with van der Waals surface area (Å²) in [5, 5.41) is 10.9. The molecule has 2 saturated carbocycles. The average Bonchev–Trinajstić information content (AvgIpc) is 2.89. The zero-order valence-electron chi connectivity index (χ0n) is 9.24. The van der Waals surface area contributed by atoms with Gasteiger partial charge >= 0.3 is 6.09 Å². The summed E-state index contributed by atoms with van der Waals surface area (Å²) in [7, 11) is 0. The molecular weight excluding hydrogens is 208 g/mol. The molecule has 5 heteroatoms. The van der Waals surface area contributed by atoms with Gasteiger partial charge in [-0.3, -0.25) is 4.79 Å². The van der Waals surface area contributed by atoms with Crippen LogP contribution in [-0.4, -0.2) is 23.1 Å². The Kier molecular flexibility index (Phi) is 2.78. The molecule has 2 atom stereocenters. The molecule has 0 heterocycles. The number of primary amides is 1. The van der Waals surface area contributed by atoms with Gasteiger partial charge in [-0.1, -0.05) is 19.3 Å². The minimum absolute atomic E-state index is 0.126. The SMILES string of the molecule is NC(=O)C(NC(=O)O)C1CC12CCCCC2. The van der Waals surface area contributed by atoms with Crippen LogP contribution < -0.4 is 11.1 Å². The third-order valence-corrected chi connectivity index (χ3v) is 4.09. The number of nitrogens with two attached hydrogens (primary N) is 1.